The number of hydrogen-bond acceptors (Lipinski definition) is 1. The quantitative estimate of drug-likeness (QED) is 0.722. The molecule has 0 saturated carbocycles. The van der Waals surface area contributed by atoms with Gasteiger partial charge in [0.25, 0.3) is 0 Å². The molecule has 1 nitrogen and oxygen atoms in total. The zero-order valence-corrected chi connectivity index (χ0v) is 11.4. The molecule has 1 heterocycles. The molecule has 1 aliphatic rings. The summed E-state index contributed by atoms with van der Waals surface area (Å²) in [7, 11) is 0. The number of benzene rings is 1. The first-order chi connectivity index (χ1) is 8.11. The first-order valence-corrected chi connectivity index (χ1v) is 6.68. The van der Waals surface area contributed by atoms with Gasteiger partial charge in [0.1, 0.15) is 0 Å². The van der Waals surface area contributed by atoms with Crippen molar-refractivity contribution in [1.29, 1.82) is 0 Å². The highest BCUT2D eigenvalue weighted by molar-refractivity contribution is 5.64. The summed E-state index contributed by atoms with van der Waals surface area (Å²) in [4.78, 5) is 2.43. The Bertz CT molecular complexity index is 416. The molecule has 1 aromatic rings. The van der Waals surface area contributed by atoms with Crippen molar-refractivity contribution < 1.29 is 0 Å². The lowest BCUT2D eigenvalue weighted by molar-refractivity contribution is 0.763. The molecule has 0 unspecified atom stereocenters. The Kier molecular flexibility index (Phi) is 3.56. The summed E-state index contributed by atoms with van der Waals surface area (Å²) in [6.07, 6.45) is 6.87. The van der Waals surface area contributed by atoms with Gasteiger partial charge in [-0.05, 0) is 43.7 Å². The number of anilines is 1. The van der Waals surface area contributed by atoms with E-state index in [0.29, 0.717) is 12.0 Å². The number of aryl methyl sites for hydroxylation is 1. The molecule has 2 rings (SSSR count). The standard InChI is InChI=1S/C16H23N/c1-12(2)15-10-7-9-14-8-5-6-11-17(13(3)4)16(14)15/h6-7,9-13H,5,8H2,1-4H3. The van der Waals surface area contributed by atoms with E-state index in [1.807, 2.05) is 0 Å². The van der Waals surface area contributed by atoms with Crippen molar-refractivity contribution >= 4 is 5.69 Å². The van der Waals surface area contributed by atoms with Crippen LogP contribution in [-0.4, -0.2) is 6.04 Å². The average molecular weight is 229 g/mol. The second-order valence-electron chi connectivity index (χ2n) is 5.43. The minimum absolute atomic E-state index is 0.517. The molecule has 1 aliphatic heterocycles. The van der Waals surface area contributed by atoms with Gasteiger partial charge in [0.05, 0.1) is 0 Å². The maximum Gasteiger partial charge on any atom is 0.0476 e. The summed E-state index contributed by atoms with van der Waals surface area (Å²) in [6.45, 7) is 9.08. The molecule has 0 radical (unpaired) electrons. The number of fused-ring (bicyclic) bond motifs is 1. The topological polar surface area (TPSA) is 3.24 Å². The molecule has 0 N–H and O–H groups in total. The van der Waals surface area contributed by atoms with Gasteiger partial charge in [-0.25, -0.2) is 0 Å². The molecule has 0 atom stereocenters. The van der Waals surface area contributed by atoms with Gasteiger partial charge in [0.15, 0.2) is 0 Å². The van der Waals surface area contributed by atoms with Crippen LogP contribution in [0.1, 0.15) is 51.2 Å². The van der Waals surface area contributed by atoms with E-state index in [2.05, 4.69) is 63.1 Å². The lowest BCUT2D eigenvalue weighted by Crippen LogP contribution is -2.26. The molecule has 0 aromatic heterocycles. The zero-order valence-electron chi connectivity index (χ0n) is 11.4. The van der Waals surface area contributed by atoms with Crippen LogP contribution in [0.3, 0.4) is 0 Å². The van der Waals surface area contributed by atoms with Crippen molar-refractivity contribution in [2.24, 2.45) is 0 Å². The van der Waals surface area contributed by atoms with Gasteiger partial charge >= 0.3 is 0 Å². The molecular formula is C16H23N. The maximum absolute atomic E-state index is 2.43. The third-order valence-corrected chi connectivity index (χ3v) is 3.43. The van der Waals surface area contributed by atoms with Crippen molar-refractivity contribution in [3.63, 3.8) is 0 Å². The minimum atomic E-state index is 0.517. The third-order valence-electron chi connectivity index (χ3n) is 3.43. The molecule has 17 heavy (non-hydrogen) atoms. The molecule has 1 heteroatoms. The van der Waals surface area contributed by atoms with E-state index in [1.54, 1.807) is 0 Å². The van der Waals surface area contributed by atoms with Gasteiger partial charge in [-0.2, -0.15) is 0 Å². The first kappa shape index (κ1) is 12.2. The Morgan fingerprint density at radius 3 is 2.53 bits per heavy atom. The van der Waals surface area contributed by atoms with Gasteiger partial charge in [-0.3, -0.25) is 0 Å². The summed E-state index contributed by atoms with van der Waals surface area (Å²) in [5.74, 6) is 0.581. The molecule has 0 fully saturated rings. The highest BCUT2D eigenvalue weighted by Gasteiger charge is 2.19. The second kappa shape index (κ2) is 4.95. The van der Waals surface area contributed by atoms with E-state index in [9.17, 15) is 0 Å². The summed E-state index contributed by atoms with van der Waals surface area (Å²) in [5, 5.41) is 0. The summed E-state index contributed by atoms with van der Waals surface area (Å²) < 4.78 is 0. The summed E-state index contributed by atoms with van der Waals surface area (Å²) >= 11 is 0. The van der Waals surface area contributed by atoms with E-state index < -0.39 is 0 Å². The van der Waals surface area contributed by atoms with Crippen LogP contribution in [0.25, 0.3) is 0 Å². The van der Waals surface area contributed by atoms with E-state index in [4.69, 9.17) is 0 Å². The van der Waals surface area contributed by atoms with Gasteiger partial charge in [-0.15, -0.1) is 0 Å². The lowest BCUT2D eigenvalue weighted by atomic mass is 9.95. The van der Waals surface area contributed by atoms with Crippen LogP contribution in [0.4, 0.5) is 5.69 Å². The summed E-state index contributed by atoms with van der Waals surface area (Å²) in [6, 6.07) is 7.28. The minimum Gasteiger partial charge on any atom is -0.345 e. The fraction of sp³-hybridized carbons (Fsp3) is 0.500. The molecule has 1 aromatic carbocycles. The highest BCUT2D eigenvalue weighted by atomic mass is 15.1. The van der Waals surface area contributed by atoms with E-state index in [0.717, 1.165) is 12.8 Å². The Hall–Kier alpha value is -1.24. The summed E-state index contributed by atoms with van der Waals surface area (Å²) in [5.41, 5.74) is 4.42. The monoisotopic (exact) mass is 229 g/mol. The van der Waals surface area contributed by atoms with Crippen LogP contribution in [0.2, 0.25) is 0 Å². The molecule has 92 valence electrons. The molecule has 0 saturated heterocycles. The Morgan fingerprint density at radius 2 is 1.88 bits per heavy atom. The van der Waals surface area contributed by atoms with E-state index in [1.165, 1.54) is 16.8 Å². The van der Waals surface area contributed by atoms with Crippen LogP contribution in [-0.2, 0) is 6.42 Å². The largest absolute Gasteiger partial charge is 0.345 e. The van der Waals surface area contributed by atoms with Crippen LogP contribution in [0, 0.1) is 0 Å². The van der Waals surface area contributed by atoms with Crippen molar-refractivity contribution in [2.75, 3.05) is 4.90 Å². The van der Waals surface area contributed by atoms with Crippen molar-refractivity contribution in [2.45, 2.75) is 52.5 Å². The average Bonchev–Trinajstić information content (AvgIpc) is 2.50. The molecule has 0 amide bonds. The highest BCUT2D eigenvalue weighted by Crippen LogP contribution is 2.34. The van der Waals surface area contributed by atoms with Gasteiger partial charge in [-0.1, -0.05) is 38.1 Å². The van der Waals surface area contributed by atoms with Crippen LogP contribution < -0.4 is 4.90 Å². The number of nitrogens with zero attached hydrogens (tertiary/aromatic N) is 1. The number of allylic oxidation sites excluding steroid dienone is 1. The second-order valence-corrected chi connectivity index (χ2v) is 5.43. The molecule has 0 spiro atoms. The van der Waals surface area contributed by atoms with Crippen LogP contribution in [0.5, 0.6) is 0 Å². The maximum atomic E-state index is 2.43. The van der Waals surface area contributed by atoms with Crippen molar-refractivity contribution in [3.8, 4) is 0 Å². The Labute approximate surface area is 105 Å². The first-order valence-electron chi connectivity index (χ1n) is 6.68. The molecule has 0 aliphatic carbocycles. The van der Waals surface area contributed by atoms with Crippen molar-refractivity contribution in [1.82, 2.24) is 0 Å². The number of rotatable bonds is 2. The number of hydrogen-bond donors (Lipinski definition) is 0. The number of para-hydroxylation sites is 1. The predicted molar refractivity (Wildman–Crippen MR) is 75.6 cm³/mol. The Balaban J connectivity index is 2.57. The molecular weight excluding hydrogens is 206 g/mol. The van der Waals surface area contributed by atoms with Gasteiger partial charge < -0.3 is 4.90 Å². The van der Waals surface area contributed by atoms with Gasteiger partial charge in [0.2, 0.25) is 0 Å². The normalized spacial score (nSPS) is 15.3. The lowest BCUT2D eigenvalue weighted by Gasteiger charge is -2.30. The molecule has 0 bridgehead atoms. The zero-order chi connectivity index (χ0) is 12.4. The van der Waals surface area contributed by atoms with Crippen molar-refractivity contribution in [3.05, 3.63) is 41.6 Å². The van der Waals surface area contributed by atoms with Crippen LogP contribution in [0.15, 0.2) is 30.5 Å². The Morgan fingerprint density at radius 1 is 1.12 bits per heavy atom. The van der Waals surface area contributed by atoms with E-state index >= 15 is 0 Å². The SMILES string of the molecule is CC(C)c1cccc2c1N(C(C)C)C=CCC2. The third kappa shape index (κ3) is 2.38. The fourth-order valence-corrected chi connectivity index (χ4v) is 2.53. The fourth-order valence-electron chi connectivity index (χ4n) is 2.53. The predicted octanol–water partition coefficient (Wildman–Crippen LogP) is 4.48. The van der Waals surface area contributed by atoms with Gasteiger partial charge in [0, 0.05) is 17.9 Å². The van der Waals surface area contributed by atoms with Crippen LogP contribution >= 0.6 is 0 Å². The van der Waals surface area contributed by atoms with E-state index in [-0.39, 0.29) is 0 Å². The smallest absolute Gasteiger partial charge is 0.0476 e.